The van der Waals surface area contributed by atoms with E-state index >= 15 is 0 Å². The predicted molar refractivity (Wildman–Crippen MR) is 128 cm³/mol. The summed E-state index contributed by atoms with van der Waals surface area (Å²) in [6, 6.07) is 12.9. The molecule has 0 spiro atoms. The Morgan fingerprint density at radius 3 is 2.47 bits per heavy atom. The van der Waals surface area contributed by atoms with E-state index in [1.807, 2.05) is 44.2 Å². The molecule has 3 aromatic rings. The van der Waals surface area contributed by atoms with Gasteiger partial charge in [0.15, 0.2) is 18.1 Å². The minimum Gasteiger partial charge on any atom is -0.493 e. The molecule has 0 atom stereocenters. The molecule has 0 saturated carbocycles. The van der Waals surface area contributed by atoms with Crippen molar-refractivity contribution in [2.75, 3.05) is 27.4 Å². The number of methoxy groups -OCH3 is 2. The van der Waals surface area contributed by atoms with Crippen molar-refractivity contribution in [3.8, 4) is 28.6 Å². The van der Waals surface area contributed by atoms with Crippen LogP contribution in [0.2, 0.25) is 0 Å². The van der Waals surface area contributed by atoms with Gasteiger partial charge in [-0.15, -0.1) is 0 Å². The number of carbonyl (C=O) groups is 1. The first-order chi connectivity index (χ1) is 15.4. The van der Waals surface area contributed by atoms with E-state index in [2.05, 4.69) is 32.7 Å². The fourth-order valence-electron chi connectivity index (χ4n) is 3.04. The molecule has 170 valence electrons. The van der Waals surface area contributed by atoms with Crippen molar-refractivity contribution in [2.24, 2.45) is 5.92 Å². The van der Waals surface area contributed by atoms with Crippen LogP contribution in [0, 0.1) is 9.49 Å². The Morgan fingerprint density at radius 2 is 1.81 bits per heavy atom. The topological polar surface area (TPSA) is 86.9 Å². The Morgan fingerprint density at radius 1 is 1.09 bits per heavy atom. The average Bonchev–Trinajstić information content (AvgIpc) is 3.25. The molecule has 8 nitrogen and oxygen atoms in total. The van der Waals surface area contributed by atoms with Gasteiger partial charge in [-0.25, -0.2) is 0 Å². The molecule has 2 aromatic carbocycles. The van der Waals surface area contributed by atoms with Crippen molar-refractivity contribution in [3.63, 3.8) is 0 Å². The summed E-state index contributed by atoms with van der Waals surface area (Å²) in [6.07, 6.45) is 0. The first-order valence-electron chi connectivity index (χ1n) is 10.1. The van der Waals surface area contributed by atoms with Gasteiger partial charge >= 0.3 is 0 Å². The van der Waals surface area contributed by atoms with Crippen LogP contribution in [0.25, 0.3) is 11.4 Å². The molecule has 0 radical (unpaired) electrons. The van der Waals surface area contributed by atoms with E-state index < -0.39 is 0 Å². The van der Waals surface area contributed by atoms with Crippen LogP contribution in [-0.2, 0) is 11.3 Å². The number of carbonyl (C=O) groups excluding carboxylic acids is 1. The number of halogens is 1. The molecule has 0 fully saturated rings. The smallest absolute Gasteiger partial charge is 0.260 e. The van der Waals surface area contributed by atoms with Crippen LogP contribution >= 0.6 is 22.6 Å². The summed E-state index contributed by atoms with van der Waals surface area (Å²) in [6.45, 7) is 4.77. The molecule has 32 heavy (non-hydrogen) atoms. The lowest BCUT2D eigenvalue weighted by atomic mass is 10.2. The third-order valence-corrected chi connectivity index (χ3v) is 5.27. The average molecular weight is 551 g/mol. The Labute approximate surface area is 201 Å². The van der Waals surface area contributed by atoms with Crippen LogP contribution in [0.5, 0.6) is 17.2 Å². The summed E-state index contributed by atoms with van der Waals surface area (Å²) < 4.78 is 22.8. The molecule has 0 aliphatic carbocycles. The maximum absolute atomic E-state index is 12.8. The summed E-state index contributed by atoms with van der Waals surface area (Å²) in [5.74, 6) is 2.71. The maximum atomic E-state index is 12.8. The number of hydrogen-bond acceptors (Lipinski definition) is 7. The molecule has 1 aromatic heterocycles. The number of hydrogen-bond donors (Lipinski definition) is 0. The molecule has 1 amide bonds. The van der Waals surface area contributed by atoms with E-state index in [9.17, 15) is 4.79 Å². The monoisotopic (exact) mass is 551 g/mol. The van der Waals surface area contributed by atoms with E-state index in [0.717, 1.165) is 9.13 Å². The highest BCUT2D eigenvalue weighted by Crippen LogP contribution is 2.31. The predicted octanol–water partition coefficient (Wildman–Crippen LogP) is 4.42. The van der Waals surface area contributed by atoms with Gasteiger partial charge < -0.3 is 23.6 Å². The number of ether oxygens (including phenoxy) is 3. The van der Waals surface area contributed by atoms with E-state index in [1.54, 1.807) is 31.3 Å². The van der Waals surface area contributed by atoms with Gasteiger partial charge in [0.25, 0.3) is 5.91 Å². The molecule has 9 heteroatoms. The minimum atomic E-state index is -0.150. The van der Waals surface area contributed by atoms with Gasteiger partial charge in [0.1, 0.15) is 12.3 Å². The van der Waals surface area contributed by atoms with E-state index in [-0.39, 0.29) is 25.0 Å². The van der Waals surface area contributed by atoms with Gasteiger partial charge in [0.2, 0.25) is 11.7 Å². The molecule has 0 aliphatic heterocycles. The van der Waals surface area contributed by atoms with Gasteiger partial charge in [-0.1, -0.05) is 19.0 Å². The Kier molecular flexibility index (Phi) is 8.32. The van der Waals surface area contributed by atoms with Crippen molar-refractivity contribution >= 4 is 28.5 Å². The Hall–Kier alpha value is -2.82. The molecule has 0 bridgehead atoms. The normalized spacial score (nSPS) is 10.8. The molecule has 1 heterocycles. The molecule has 0 aliphatic rings. The van der Waals surface area contributed by atoms with Crippen LogP contribution in [0.4, 0.5) is 0 Å². The number of amides is 1. The zero-order chi connectivity index (χ0) is 23.1. The number of rotatable bonds is 10. The largest absolute Gasteiger partial charge is 0.493 e. The van der Waals surface area contributed by atoms with Crippen LogP contribution < -0.4 is 14.2 Å². The van der Waals surface area contributed by atoms with Gasteiger partial charge in [0, 0.05) is 15.7 Å². The second kappa shape index (κ2) is 11.2. The van der Waals surface area contributed by atoms with Gasteiger partial charge in [0.05, 0.1) is 14.2 Å². The first-order valence-corrected chi connectivity index (χ1v) is 11.2. The second-order valence-corrected chi connectivity index (χ2v) is 8.74. The molecular weight excluding hydrogens is 525 g/mol. The Balaban J connectivity index is 1.70. The third kappa shape index (κ3) is 6.35. The number of aromatic nitrogens is 2. The number of nitrogens with zero attached hydrogens (tertiary/aromatic N) is 3. The van der Waals surface area contributed by atoms with Gasteiger partial charge in [-0.2, -0.15) is 4.98 Å². The molecule has 3 rings (SSSR count). The standard InChI is InChI=1S/C23H26IN3O5/c1-15(2)12-27(22(28)14-31-18-8-6-17(24)7-9-18)13-21-25-23(26-32-21)16-5-10-19(29-3)20(11-16)30-4/h5-11,15H,12-14H2,1-4H3. The third-order valence-electron chi connectivity index (χ3n) is 4.55. The quantitative estimate of drug-likeness (QED) is 0.345. The molecular formula is C23H26IN3O5. The fraction of sp³-hybridized carbons (Fsp3) is 0.348. The van der Waals surface area contributed by atoms with Crippen LogP contribution in [-0.4, -0.2) is 48.3 Å². The maximum Gasteiger partial charge on any atom is 0.260 e. The number of benzene rings is 2. The highest BCUT2D eigenvalue weighted by Gasteiger charge is 2.20. The van der Waals surface area contributed by atoms with Crippen LogP contribution in [0.3, 0.4) is 0 Å². The van der Waals surface area contributed by atoms with Crippen molar-refractivity contribution in [3.05, 3.63) is 51.9 Å². The second-order valence-electron chi connectivity index (χ2n) is 7.49. The summed E-state index contributed by atoms with van der Waals surface area (Å²) in [5.41, 5.74) is 0.724. The van der Waals surface area contributed by atoms with Crippen molar-refractivity contribution in [1.82, 2.24) is 15.0 Å². The van der Waals surface area contributed by atoms with Crippen molar-refractivity contribution in [2.45, 2.75) is 20.4 Å². The fourth-order valence-corrected chi connectivity index (χ4v) is 3.40. The van der Waals surface area contributed by atoms with Crippen molar-refractivity contribution in [1.29, 1.82) is 0 Å². The molecule has 0 N–H and O–H groups in total. The first kappa shape index (κ1) is 23.8. The van der Waals surface area contributed by atoms with E-state index in [0.29, 0.717) is 35.5 Å². The SMILES string of the molecule is COc1ccc(-c2noc(CN(CC(C)C)C(=O)COc3ccc(I)cc3)n2)cc1OC. The zero-order valence-electron chi connectivity index (χ0n) is 18.5. The van der Waals surface area contributed by atoms with Gasteiger partial charge in [-0.3, -0.25) is 4.79 Å². The van der Waals surface area contributed by atoms with Crippen LogP contribution in [0.1, 0.15) is 19.7 Å². The van der Waals surface area contributed by atoms with E-state index in [4.69, 9.17) is 18.7 Å². The lowest BCUT2D eigenvalue weighted by Gasteiger charge is -2.23. The highest BCUT2D eigenvalue weighted by atomic mass is 127. The van der Waals surface area contributed by atoms with Gasteiger partial charge in [-0.05, 0) is 71.0 Å². The molecule has 0 saturated heterocycles. The lowest BCUT2D eigenvalue weighted by molar-refractivity contribution is -0.134. The molecule has 0 unspecified atom stereocenters. The Bertz CT molecular complexity index is 1040. The van der Waals surface area contributed by atoms with Crippen molar-refractivity contribution < 1.29 is 23.5 Å². The summed E-state index contributed by atoms with van der Waals surface area (Å²) >= 11 is 2.22. The summed E-state index contributed by atoms with van der Waals surface area (Å²) in [4.78, 5) is 19.0. The summed E-state index contributed by atoms with van der Waals surface area (Å²) in [5, 5.41) is 4.06. The van der Waals surface area contributed by atoms with Crippen LogP contribution in [0.15, 0.2) is 47.0 Å². The lowest BCUT2D eigenvalue weighted by Crippen LogP contribution is -2.37. The van der Waals surface area contributed by atoms with E-state index in [1.165, 1.54) is 0 Å². The highest BCUT2D eigenvalue weighted by molar-refractivity contribution is 14.1. The summed E-state index contributed by atoms with van der Waals surface area (Å²) in [7, 11) is 3.14. The zero-order valence-corrected chi connectivity index (χ0v) is 20.7. The minimum absolute atomic E-state index is 0.0655.